The minimum Gasteiger partial charge on any atom is -0.309 e. The highest BCUT2D eigenvalue weighted by atomic mass is 32.2. The summed E-state index contributed by atoms with van der Waals surface area (Å²) in [5, 5.41) is 3.80. The molecule has 2 aliphatic rings. The van der Waals surface area contributed by atoms with E-state index in [1.54, 1.807) is 11.1 Å². The molecule has 0 saturated heterocycles. The lowest BCUT2D eigenvalue weighted by atomic mass is 10.0. The van der Waals surface area contributed by atoms with E-state index >= 15 is 0 Å². The Bertz CT molecular complexity index is 462. The fourth-order valence-electron chi connectivity index (χ4n) is 3.79. The largest absolute Gasteiger partial charge is 0.309 e. The number of thioether (sulfide) groups is 1. The third-order valence-electron chi connectivity index (χ3n) is 5.30. The molecule has 1 atom stereocenters. The van der Waals surface area contributed by atoms with Crippen LogP contribution in [-0.4, -0.2) is 17.5 Å². The van der Waals surface area contributed by atoms with Gasteiger partial charge in [0, 0.05) is 17.3 Å². The summed E-state index contributed by atoms with van der Waals surface area (Å²) in [6, 6.07) is 7.61. The van der Waals surface area contributed by atoms with E-state index in [4.69, 9.17) is 0 Å². The maximum Gasteiger partial charge on any atom is 0.0292 e. The van der Waals surface area contributed by atoms with Gasteiger partial charge in [-0.05, 0) is 62.0 Å². The fraction of sp³-hybridized carbons (Fsp3) is 0.667. The van der Waals surface area contributed by atoms with Gasteiger partial charge >= 0.3 is 0 Å². The lowest BCUT2D eigenvalue weighted by Gasteiger charge is -2.29. The molecular formula is C18H27NS. The van der Waals surface area contributed by atoms with E-state index in [9.17, 15) is 0 Å². The second-order valence-corrected chi connectivity index (χ2v) is 7.85. The molecule has 1 fully saturated rings. The van der Waals surface area contributed by atoms with Gasteiger partial charge in [-0.1, -0.05) is 31.0 Å². The predicted octanol–water partition coefficient (Wildman–Crippen LogP) is 4.50. The molecule has 1 unspecified atom stereocenters. The molecule has 1 aromatic rings. The van der Waals surface area contributed by atoms with Crippen LogP contribution in [0.1, 0.15) is 61.8 Å². The molecule has 0 aliphatic heterocycles. The highest BCUT2D eigenvalue weighted by Crippen LogP contribution is 2.40. The summed E-state index contributed by atoms with van der Waals surface area (Å²) in [4.78, 5) is 0. The van der Waals surface area contributed by atoms with Crippen LogP contribution in [0.3, 0.4) is 0 Å². The molecule has 0 amide bonds. The Balaban J connectivity index is 1.63. The Morgan fingerprint density at radius 1 is 1.15 bits per heavy atom. The van der Waals surface area contributed by atoms with Gasteiger partial charge in [-0.3, -0.25) is 0 Å². The zero-order valence-electron chi connectivity index (χ0n) is 12.9. The molecule has 1 saturated carbocycles. The summed E-state index contributed by atoms with van der Waals surface area (Å²) >= 11 is 2.07. The van der Waals surface area contributed by atoms with E-state index in [0.29, 0.717) is 10.8 Å². The molecule has 0 aromatic heterocycles. The number of nitrogens with one attached hydrogen (secondary N) is 1. The quantitative estimate of drug-likeness (QED) is 0.856. The number of aryl methyl sites for hydroxylation is 2. The first-order valence-electron chi connectivity index (χ1n) is 8.13. The van der Waals surface area contributed by atoms with Crippen LogP contribution in [0.5, 0.6) is 0 Å². The van der Waals surface area contributed by atoms with Gasteiger partial charge in [-0.25, -0.2) is 0 Å². The Morgan fingerprint density at radius 2 is 1.90 bits per heavy atom. The maximum absolute atomic E-state index is 3.80. The van der Waals surface area contributed by atoms with Gasteiger partial charge < -0.3 is 5.32 Å². The summed E-state index contributed by atoms with van der Waals surface area (Å²) in [7, 11) is 0. The highest BCUT2D eigenvalue weighted by Gasteiger charge is 2.32. The number of hydrogen-bond donors (Lipinski definition) is 1. The van der Waals surface area contributed by atoms with Crippen molar-refractivity contribution in [2.75, 3.05) is 12.8 Å². The van der Waals surface area contributed by atoms with Crippen molar-refractivity contribution in [2.45, 2.75) is 62.7 Å². The van der Waals surface area contributed by atoms with Gasteiger partial charge in [0.2, 0.25) is 0 Å². The van der Waals surface area contributed by atoms with E-state index in [-0.39, 0.29) is 0 Å². The molecule has 1 nitrogen and oxygen atoms in total. The van der Waals surface area contributed by atoms with Crippen LogP contribution < -0.4 is 5.32 Å². The second kappa shape index (κ2) is 6.11. The molecule has 1 aromatic carbocycles. The topological polar surface area (TPSA) is 12.0 Å². The minimum absolute atomic E-state index is 0.477. The van der Waals surface area contributed by atoms with Gasteiger partial charge in [0.1, 0.15) is 0 Å². The Kier molecular flexibility index (Phi) is 4.42. The number of hydrogen-bond acceptors (Lipinski definition) is 2. The van der Waals surface area contributed by atoms with Gasteiger partial charge in [0.05, 0.1) is 0 Å². The van der Waals surface area contributed by atoms with Crippen LogP contribution in [0.15, 0.2) is 18.2 Å². The van der Waals surface area contributed by atoms with Crippen molar-refractivity contribution in [3.8, 4) is 0 Å². The number of benzene rings is 1. The maximum atomic E-state index is 3.80. The fourth-order valence-corrected chi connectivity index (χ4v) is 4.72. The summed E-state index contributed by atoms with van der Waals surface area (Å²) in [5.74, 6) is 0. The van der Waals surface area contributed by atoms with Crippen molar-refractivity contribution in [2.24, 2.45) is 0 Å². The van der Waals surface area contributed by atoms with Crippen LogP contribution in [0.2, 0.25) is 0 Å². The first-order valence-corrected chi connectivity index (χ1v) is 9.35. The molecule has 20 heavy (non-hydrogen) atoms. The molecule has 0 heterocycles. The molecule has 0 bridgehead atoms. The van der Waals surface area contributed by atoms with Crippen molar-refractivity contribution in [1.29, 1.82) is 0 Å². The molecule has 110 valence electrons. The lowest BCUT2D eigenvalue weighted by molar-refractivity contribution is 0.486. The Labute approximate surface area is 127 Å². The predicted molar refractivity (Wildman–Crippen MR) is 89.6 cm³/mol. The normalized spacial score (nSPS) is 21.9. The average Bonchev–Trinajstić information content (AvgIpc) is 3.13. The lowest BCUT2D eigenvalue weighted by Crippen LogP contribution is -2.36. The first-order chi connectivity index (χ1) is 9.72. The minimum atomic E-state index is 0.477. The van der Waals surface area contributed by atoms with E-state index in [1.807, 2.05) is 0 Å². The average molecular weight is 289 g/mol. The summed E-state index contributed by atoms with van der Waals surface area (Å²) in [5.41, 5.74) is 4.65. The summed E-state index contributed by atoms with van der Waals surface area (Å²) < 4.78 is 0.505. The van der Waals surface area contributed by atoms with Crippen LogP contribution in [0, 0.1) is 0 Å². The molecule has 2 heteroatoms. The molecule has 2 aliphatic carbocycles. The number of rotatable bonds is 5. The van der Waals surface area contributed by atoms with Gasteiger partial charge in [0.15, 0.2) is 0 Å². The van der Waals surface area contributed by atoms with Crippen molar-refractivity contribution >= 4 is 11.8 Å². The van der Waals surface area contributed by atoms with Crippen molar-refractivity contribution in [3.63, 3.8) is 0 Å². The molecule has 0 radical (unpaired) electrons. The molecular weight excluding hydrogens is 262 g/mol. The van der Waals surface area contributed by atoms with Crippen LogP contribution in [0.4, 0.5) is 0 Å². The van der Waals surface area contributed by atoms with Gasteiger partial charge in [-0.2, -0.15) is 11.8 Å². The zero-order valence-corrected chi connectivity index (χ0v) is 13.7. The van der Waals surface area contributed by atoms with Crippen LogP contribution in [0.25, 0.3) is 0 Å². The smallest absolute Gasteiger partial charge is 0.0292 e. The SMILES string of the molecule is CSC1(CNC(C)c2ccc3c(c2)CCC3)CCCC1. The molecule has 0 spiro atoms. The molecule has 3 rings (SSSR count). The van der Waals surface area contributed by atoms with Gasteiger partial charge in [0.25, 0.3) is 0 Å². The third-order valence-corrected chi connectivity index (χ3v) is 6.72. The summed E-state index contributed by atoms with van der Waals surface area (Å²) in [6.07, 6.45) is 11.8. The summed E-state index contributed by atoms with van der Waals surface area (Å²) in [6.45, 7) is 3.48. The third kappa shape index (κ3) is 2.92. The second-order valence-electron chi connectivity index (χ2n) is 6.58. The Hall–Kier alpha value is -0.470. The van der Waals surface area contributed by atoms with Crippen LogP contribution >= 0.6 is 11.8 Å². The van der Waals surface area contributed by atoms with Crippen molar-refractivity contribution < 1.29 is 0 Å². The van der Waals surface area contributed by atoms with E-state index in [0.717, 1.165) is 6.54 Å². The Morgan fingerprint density at radius 3 is 2.65 bits per heavy atom. The first kappa shape index (κ1) is 14.5. The van der Waals surface area contributed by atoms with E-state index in [2.05, 4.69) is 48.5 Å². The van der Waals surface area contributed by atoms with E-state index in [1.165, 1.54) is 50.5 Å². The van der Waals surface area contributed by atoms with Crippen molar-refractivity contribution in [1.82, 2.24) is 5.32 Å². The number of fused-ring (bicyclic) bond motifs is 1. The van der Waals surface area contributed by atoms with Crippen LogP contribution in [-0.2, 0) is 12.8 Å². The van der Waals surface area contributed by atoms with Crippen molar-refractivity contribution in [3.05, 3.63) is 34.9 Å². The zero-order chi connectivity index (χ0) is 14.0. The standard InChI is InChI=1S/C18H27NS/c1-14(19-13-18(20-2)10-3-4-11-18)16-9-8-15-6-5-7-17(15)12-16/h8-9,12,14,19H,3-7,10-11,13H2,1-2H3. The monoisotopic (exact) mass is 289 g/mol. The molecule has 1 N–H and O–H groups in total. The highest BCUT2D eigenvalue weighted by molar-refractivity contribution is 8.00. The van der Waals surface area contributed by atoms with Gasteiger partial charge in [-0.15, -0.1) is 0 Å². The van der Waals surface area contributed by atoms with E-state index < -0.39 is 0 Å².